The van der Waals surface area contributed by atoms with E-state index in [0.29, 0.717) is 19.3 Å². The van der Waals surface area contributed by atoms with Gasteiger partial charge in [-0.1, -0.05) is 283 Å². The third-order valence-electron chi connectivity index (χ3n) is 13.5. The molecular formula is C61H114O6. The standard InChI is InChI=1S/C61H114O6/c1-4-7-10-13-16-19-22-24-26-28-30-31-33-34-36-39-42-45-48-51-54-60(63)66-57-58(56-65-59(62)53-50-47-44-41-38-21-18-15-12-9-6-3)67-61(64)55-52-49-46-43-40-37-35-32-29-27-25-23-20-17-14-11-8-5-2/h20,23,27,29,58H,4-19,21-22,24-26,28,30-57H2,1-3H3/b23-20-,29-27-. The summed E-state index contributed by atoms with van der Waals surface area (Å²) >= 11 is 0. The molecule has 394 valence electrons. The summed E-state index contributed by atoms with van der Waals surface area (Å²) in [6.45, 7) is 6.66. The Morgan fingerprint density at radius 3 is 0.836 bits per heavy atom. The molecule has 0 aliphatic heterocycles. The van der Waals surface area contributed by atoms with Gasteiger partial charge in [-0.05, 0) is 51.4 Å². The van der Waals surface area contributed by atoms with Crippen LogP contribution in [-0.4, -0.2) is 37.2 Å². The largest absolute Gasteiger partial charge is 0.462 e. The minimum atomic E-state index is -0.770. The van der Waals surface area contributed by atoms with Gasteiger partial charge in [0.1, 0.15) is 13.2 Å². The van der Waals surface area contributed by atoms with Gasteiger partial charge >= 0.3 is 17.9 Å². The predicted molar refractivity (Wildman–Crippen MR) is 289 cm³/mol. The van der Waals surface area contributed by atoms with Crippen LogP contribution in [0.3, 0.4) is 0 Å². The maximum Gasteiger partial charge on any atom is 0.306 e. The Hall–Kier alpha value is -2.11. The lowest BCUT2D eigenvalue weighted by atomic mass is 10.0. The fraction of sp³-hybridized carbons (Fsp3) is 0.885. The fourth-order valence-corrected chi connectivity index (χ4v) is 8.95. The molecule has 0 fully saturated rings. The molecule has 0 aromatic heterocycles. The van der Waals surface area contributed by atoms with Crippen molar-refractivity contribution in [1.29, 1.82) is 0 Å². The number of hydrogen-bond acceptors (Lipinski definition) is 6. The normalized spacial score (nSPS) is 12.1. The second kappa shape index (κ2) is 56.5. The van der Waals surface area contributed by atoms with E-state index in [1.54, 1.807) is 0 Å². The second-order valence-electron chi connectivity index (χ2n) is 20.3. The van der Waals surface area contributed by atoms with Crippen LogP contribution in [0.1, 0.15) is 329 Å². The van der Waals surface area contributed by atoms with Gasteiger partial charge < -0.3 is 14.2 Å². The monoisotopic (exact) mass is 943 g/mol. The molecule has 0 heterocycles. The zero-order chi connectivity index (χ0) is 48.6. The first kappa shape index (κ1) is 64.9. The molecule has 67 heavy (non-hydrogen) atoms. The van der Waals surface area contributed by atoms with Crippen LogP contribution >= 0.6 is 0 Å². The van der Waals surface area contributed by atoms with Gasteiger partial charge in [0.05, 0.1) is 0 Å². The van der Waals surface area contributed by atoms with E-state index in [4.69, 9.17) is 14.2 Å². The summed E-state index contributed by atoms with van der Waals surface area (Å²) in [5, 5.41) is 0. The number of hydrogen-bond donors (Lipinski definition) is 0. The lowest BCUT2D eigenvalue weighted by Crippen LogP contribution is -2.30. The third kappa shape index (κ3) is 54.7. The molecule has 0 amide bonds. The highest BCUT2D eigenvalue weighted by molar-refractivity contribution is 5.71. The van der Waals surface area contributed by atoms with E-state index in [2.05, 4.69) is 45.1 Å². The number of rotatable bonds is 55. The van der Waals surface area contributed by atoms with Crippen LogP contribution in [0.25, 0.3) is 0 Å². The van der Waals surface area contributed by atoms with Crippen LogP contribution in [0.5, 0.6) is 0 Å². The number of allylic oxidation sites excluding steroid dienone is 4. The molecule has 0 spiro atoms. The molecule has 0 saturated heterocycles. The van der Waals surface area contributed by atoms with Crippen LogP contribution in [-0.2, 0) is 28.6 Å². The highest BCUT2D eigenvalue weighted by atomic mass is 16.6. The maximum atomic E-state index is 12.9. The second-order valence-corrected chi connectivity index (χ2v) is 20.3. The highest BCUT2D eigenvalue weighted by Gasteiger charge is 2.19. The Bertz CT molecular complexity index is 1080. The zero-order valence-corrected chi connectivity index (χ0v) is 45.2. The summed E-state index contributed by atoms with van der Waals surface area (Å²) in [6.07, 6.45) is 66.0. The van der Waals surface area contributed by atoms with Gasteiger partial charge in [0, 0.05) is 19.3 Å². The molecule has 6 nitrogen and oxygen atoms in total. The van der Waals surface area contributed by atoms with E-state index < -0.39 is 6.10 Å². The summed E-state index contributed by atoms with van der Waals surface area (Å²) in [4.78, 5) is 38.1. The molecule has 1 atom stereocenters. The first-order valence-corrected chi connectivity index (χ1v) is 29.8. The van der Waals surface area contributed by atoms with Crippen LogP contribution in [0.2, 0.25) is 0 Å². The molecule has 0 N–H and O–H groups in total. The van der Waals surface area contributed by atoms with E-state index in [1.807, 2.05) is 0 Å². The first-order chi connectivity index (χ1) is 33.0. The van der Waals surface area contributed by atoms with Gasteiger partial charge in [0.25, 0.3) is 0 Å². The lowest BCUT2D eigenvalue weighted by molar-refractivity contribution is -0.167. The quantitative estimate of drug-likeness (QED) is 0.0262. The molecule has 0 aromatic rings. The Labute approximate surface area is 417 Å². The van der Waals surface area contributed by atoms with Crippen molar-refractivity contribution in [2.75, 3.05) is 13.2 Å². The molecule has 1 unspecified atom stereocenters. The average Bonchev–Trinajstić information content (AvgIpc) is 3.33. The van der Waals surface area contributed by atoms with Crippen molar-refractivity contribution < 1.29 is 28.6 Å². The molecule has 6 heteroatoms. The van der Waals surface area contributed by atoms with E-state index in [1.165, 1.54) is 218 Å². The van der Waals surface area contributed by atoms with Crippen molar-refractivity contribution in [2.24, 2.45) is 0 Å². The summed E-state index contributed by atoms with van der Waals surface area (Å²) in [5.41, 5.74) is 0. The van der Waals surface area contributed by atoms with Crippen LogP contribution < -0.4 is 0 Å². The molecule has 0 radical (unpaired) electrons. The summed E-state index contributed by atoms with van der Waals surface area (Å²) in [7, 11) is 0. The zero-order valence-electron chi connectivity index (χ0n) is 45.2. The Kier molecular flexibility index (Phi) is 54.7. The van der Waals surface area contributed by atoms with E-state index in [9.17, 15) is 14.4 Å². The number of esters is 3. The molecule has 0 aliphatic rings. The molecule has 0 rings (SSSR count). The number of carbonyl (C=O) groups excluding carboxylic acids is 3. The fourth-order valence-electron chi connectivity index (χ4n) is 8.95. The number of unbranched alkanes of at least 4 members (excludes halogenated alkanes) is 40. The summed E-state index contributed by atoms with van der Waals surface area (Å²) in [6, 6.07) is 0. The lowest BCUT2D eigenvalue weighted by Gasteiger charge is -2.18. The van der Waals surface area contributed by atoms with Gasteiger partial charge in [-0.2, -0.15) is 0 Å². The third-order valence-corrected chi connectivity index (χ3v) is 13.5. The van der Waals surface area contributed by atoms with E-state index >= 15 is 0 Å². The minimum absolute atomic E-state index is 0.0689. The van der Waals surface area contributed by atoms with Gasteiger partial charge in [-0.15, -0.1) is 0 Å². The van der Waals surface area contributed by atoms with Crippen LogP contribution in [0.4, 0.5) is 0 Å². The molecule has 0 bridgehead atoms. The van der Waals surface area contributed by atoms with Crippen molar-refractivity contribution in [3.63, 3.8) is 0 Å². The Balaban J connectivity index is 4.27. The van der Waals surface area contributed by atoms with Crippen molar-refractivity contribution in [3.8, 4) is 0 Å². The molecule has 0 aromatic carbocycles. The van der Waals surface area contributed by atoms with Gasteiger partial charge in [-0.25, -0.2) is 0 Å². The average molecular weight is 944 g/mol. The van der Waals surface area contributed by atoms with Gasteiger partial charge in [0.15, 0.2) is 6.10 Å². The predicted octanol–water partition coefficient (Wildman–Crippen LogP) is 19.9. The molecule has 0 aliphatic carbocycles. The van der Waals surface area contributed by atoms with Crippen LogP contribution in [0, 0.1) is 0 Å². The minimum Gasteiger partial charge on any atom is -0.462 e. The van der Waals surface area contributed by atoms with E-state index in [0.717, 1.165) is 70.6 Å². The van der Waals surface area contributed by atoms with Crippen molar-refractivity contribution in [2.45, 2.75) is 335 Å². The molecular weight excluding hydrogens is 829 g/mol. The van der Waals surface area contributed by atoms with Crippen molar-refractivity contribution >= 4 is 17.9 Å². The first-order valence-electron chi connectivity index (χ1n) is 29.8. The van der Waals surface area contributed by atoms with Crippen molar-refractivity contribution in [3.05, 3.63) is 24.3 Å². The Morgan fingerprint density at radius 1 is 0.299 bits per heavy atom. The molecule has 0 saturated carbocycles. The summed E-state index contributed by atoms with van der Waals surface area (Å²) < 4.78 is 16.9. The van der Waals surface area contributed by atoms with Gasteiger partial charge in [-0.3, -0.25) is 14.4 Å². The number of ether oxygens (including phenoxy) is 3. The van der Waals surface area contributed by atoms with Gasteiger partial charge in [0.2, 0.25) is 0 Å². The van der Waals surface area contributed by atoms with E-state index in [-0.39, 0.29) is 31.1 Å². The highest BCUT2D eigenvalue weighted by Crippen LogP contribution is 2.17. The Morgan fingerprint density at radius 2 is 0.537 bits per heavy atom. The number of carbonyl (C=O) groups is 3. The smallest absolute Gasteiger partial charge is 0.306 e. The van der Waals surface area contributed by atoms with Crippen LogP contribution in [0.15, 0.2) is 24.3 Å². The topological polar surface area (TPSA) is 78.9 Å². The van der Waals surface area contributed by atoms with Crippen molar-refractivity contribution in [1.82, 2.24) is 0 Å². The maximum absolute atomic E-state index is 12.9. The SMILES string of the molecule is CCCCCC/C=C\C/C=C\CCCCCCCCCC(=O)OC(COC(=O)CCCCCCCCCCCCC)COC(=O)CCCCCCCCCCCCCCCCCCCCCC. The summed E-state index contributed by atoms with van der Waals surface area (Å²) in [5.74, 6) is -0.855.